The molecule has 0 fully saturated rings. The lowest BCUT2D eigenvalue weighted by molar-refractivity contribution is -0.155. The Bertz CT molecular complexity index is 566. The van der Waals surface area contributed by atoms with Crippen LogP contribution in [-0.4, -0.2) is 29.3 Å². The minimum Gasteiger partial charge on any atom is -0.493 e. The number of carboxylic acids is 1. The summed E-state index contributed by atoms with van der Waals surface area (Å²) >= 11 is 9.10. The molecule has 1 aromatic carbocycles. The molecule has 0 spiro atoms. The van der Waals surface area contributed by atoms with Gasteiger partial charge in [-0.05, 0) is 49.2 Å². The van der Waals surface area contributed by atoms with Crippen LogP contribution in [0.15, 0.2) is 16.6 Å². The number of carbonyl (C=O) groups excluding carboxylic acids is 1. The molecule has 122 valence electrons. The van der Waals surface area contributed by atoms with Gasteiger partial charge < -0.3 is 14.6 Å². The monoisotopic (exact) mass is 392 g/mol. The predicted octanol–water partition coefficient (Wildman–Crippen LogP) is 4.30. The molecule has 0 saturated carbocycles. The third-order valence-electron chi connectivity index (χ3n) is 2.46. The smallest absolute Gasteiger partial charge is 0.339 e. The van der Waals surface area contributed by atoms with E-state index >= 15 is 0 Å². The molecule has 5 nitrogen and oxygen atoms in total. The summed E-state index contributed by atoms with van der Waals surface area (Å²) in [4.78, 5) is 22.7. The topological polar surface area (TPSA) is 72.8 Å². The lowest BCUT2D eigenvalue weighted by Crippen LogP contribution is -2.24. The molecule has 1 N–H and O–H groups in total. The van der Waals surface area contributed by atoms with Crippen molar-refractivity contribution in [3.63, 3.8) is 0 Å². The van der Waals surface area contributed by atoms with Gasteiger partial charge in [-0.3, -0.25) is 4.79 Å². The van der Waals surface area contributed by atoms with Crippen molar-refractivity contribution < 1.29 is 24.2 Å². The van der Waals surface area contributed by atoms with E-state index in [0.717, 1.165) is 0 Å². The average molecular weight is 394 g/mol. The van der Waals surface area contributed by atoms with Crippen molar-refractivity contribution in [1.82, 2.24) is 0 Å². The number of esters is 1. The minimum atomic E-state index is -1.11. The molecule has 7 heteroatoms. The van der Waals surface area contributed by atoms with Gasteiger partial charge in [-0.1, -0.05) is 11.6 Å². The zero-order chi connectivity index (χ0) is 16.9. The fraction of sp³-hybridized carbons (Fsp3) is 0.467. The van der Waals surface area contributed by atoms with E-state index in [1.165, 1.54) is 12.1 Å². The first-order valence-corrected chi connectivity index (χ1v) is 7.84. The summed E-state index contributed by atoms with van der Waals surface area (Å²) in [6, 6.07) is 2.82. The summed E-state index contributed by atoms with van der Waals surface area (Å²) in [5.41, 5.74) is -0.512. The van der Waals surface area contributed by atoms with E-state index in [2.05, 4.69) is 15.9 Å². The Kier molecular flexibility index (Phi) is 6.68. The molecule has 0 amide bonds. The van der Waals surface area contributed by atoms with Gasteiger partial charge in [0.1, 0.15) is 16.9 Å². The number of halogens is 2. The van der Waals surface area contributed by atoms with Crippen molar-refractivity contribution >= 4 is 39.5 Å². The standard InChI is InChI=1S/C15H18BrClO5/c1-15(2,3)22-13(18)5-4-6-21-12-8-11(17)10(16)7-9(12)14(19)20/h7-8H,4-6H2,1-3H3,(H,19,20). The number of ether oxygens (including phenoxy) is 2. The Balaban J connectivity index is 2.57. The van der Waals surface area contributed by atoms with Gasteiger partial charge in [-0.15, -0.1) is 0 Å². The van der Waals surface area contributed by atoms with Crippen LogP contribution in [0.2, 0.25) is 5.02 Å². The molecule has 0 aliphatic carbocycles. The molecule has 0 unspecified atom stereocenters. The Labute approximate surface area is 142 Å². The van der Waals surface area contributed by atoms with E-state index in [0.29, 0.717) is 15.9 Å². The first kappa shape index (κ1) is 18.8. The number of aromatic carboxylic acids is 1. The fourth-order valence-corrected chi connectivity index (χ4v) is 2.10. The molecule has 0 aliphatic heterocycles. The lowest BCUT2D eigenvalue weighted by atomic mass is 10.2. The highest BCUT2D eigenvalue weighted by Gasteiger charge is 2.17. The average Bonchev–Trinajstić information content (AvgIpc) is 2.35. The number of rotatable bonds is 6. The van der Waals surface area contributed by atoms with Crippen LogP contribution in [0.25, 0.3) is 0 Å². The SMILES string of the molecule is CC(C)(C)OC(=O)CCCOc1cc(Cl)c(Br)cc1C(=O)O. The van der Waals surface area contributed by atoms with Crippen LogP contribution in [-0.2, 0) is 9.53 Å². The largest absolute Gasteiger partial charge is 0.493 e. The van der Waals surface area contributed by atoms with Gasteiger partial charge >= 0.3 is 11.9 Å². The second-order valence-corrected chi connectivity index (χ2v) is 6.87. The zero-order valence-corrected chi connectivity index (χ0v) is 15.0. The summed E-state index contributed by atoms with van der Waals surface area (Å²) < 4.78 is 11.1. The highest BCUT2D eigenvalue weighted by atomic mass is 79.9. The number of carboxylic acid groups (broad SMARTS) is 1. The second kappa shape index (κ2) is 7.83. The summed E-state index contributed by atoms with van der Waals surface area (Å²) in [6.45, 7) is 5.58. The lowest BCUT2D eigenvalue weighted by Gasteiger charge is -2.19. The maximum absolute atomic E-state index is 11.5. The van der Waals surface area contributed by atoms with Crippen LogP contribution in [0.3, 0.4) is 0 Å². The summed E-state index contributed by atoms with van der Waals surface area (Å²) in [5.74, 6) is -1.26. The first-order chi connectivity index (χ1) is 10.1. The van der Waals surface area contributed by atoms with Gasteiger partial charge in [0.15, 0.2) is 0 Å². The molecule has 0 atom stereocenters. The Morgan fingerprint density at radius 2 is 1.95 bits per heavy atom. The van der Waals surface area contributed by atoms with Gasteiger partial charge in [0.25, 0.3) is 0 Å². The number of carbonyl (C=O) groups is 2. The highest BCUT2D eigenvalue weighted by molar-refractivity contribution is 9.10. The molecule has 22 heavy (non-hydrogen) atoms. The van der Waals surface area contributed by atoms with Crippen molar-refractivity contribution in [2.45, 2.75) is 39.2 Å². The van der Waals surface area contributed by atoms with E-state index in [4.69, 9.17) is 26.2 Å². The van der Waals surface area contributed by atoms with Crippen molar-refractivity contribution in [1.29, 1.82) is 0 Å². The van der Waals surface area contributed by atoms with Crippen molar-refractivity contribution in [3.8, 4) is 5.75 Å². The van der Waals surface area contributed by atoms with E-state index in [1.807, 2.05) is 0 Å². The number of hydrogen-bond donors (Lipinski definition) is 1. The van der Waals surface area contributed by atoms with E-state index in [1.54, 1.807) is 20.8 Å². The normalized spacial score (nSPS) is 11.1. The van der Waals surface area contributed by atoms with Crippen molar-refractivity contribution in [3.05, 3.63) is 27.2 Å². The Morgan fingerprint density at radius 1 is 1.32 bits per heavy atom. The minimum absolute atomic E-state index is 0.00791. The summed E-state index contributed by atoms with van der Waals surface area (Å²) in [5, 5.41) is 9.49. The van der Waals surface area contributed by atoms with Crippen molar-refractivity contribution in [2.24, 2.45) is 0 Å². The van der Waals surface area contributed by atoms with Gasteiger partial charge in [0.2, 0.25) is 0 Å². The summed E-state index contributed by atoms with van der Waals surface area (Å²) in [7, 11) is 0. The van der Waals surface area contributed by atoms with Crippen LogP contribution in [0.4, 0.5) is 0 Å². The van der Waals surface area contributed by atoms with E-state index in [-0.39, 0.29) is 30.3 Å². The van der Waals surface area contributed by atoms with Gasteiger partial charge in [0.05, 0.1) is 11.6 Å². The van der Waals surface area contributed by atoms with Crippen molar-refractivity contribution in [2.75, 3.05) is 6.61 Å². The number of hydrogen-bond acceptors (Lipinski definition) is 4. The molecular formula is C15H18BrClO5. The Morgan fingerprint density at radius 3 is 2.50 bits per heavy atom. The van der Waals surface area contributed by atoms with Crippen LogP contribution < -0.4 is 4.74 Å². The van der Waals surface area contributed by atoms with Crippen LogP contribution in [0, 0.1) is 0 Å². The quantitative estimate of drug-likeness (QED) is 0.576. The zero-order valence-electron chi connectivity index (χ0n) is 12.6. The van der Waals surface area contributed by atoms with Gasteiger partial charge in [0, 0.05) is 17.0 Å². The molecule has 0 aliphatic rings. The molecule has 0 radical (unpaired) electrons. The predicted molar refractivity (Wildman–Crippen MR) is 86.7 cm³/mol. The molecule has 1 aromatic rings. The van der Waals surface area contributed by atoms with Crippen LogP contribution in [0.5, 0.6) is 5.75 Å². The maximum atomic E-state index is 11.5. The molecule has 0 heterocycles. The molecular weight excluding hydrogens is 376 g/mol. The maximum Gasteiger partial charge on any atom is 0.339 e. The van der Waals surface area contributed by atoms with Gasteiger partial charge in [-0.25, -0.2) is 4.79 Å². The fourth-order valence-electron chi connectivity index (χ4n) is 1.61. The van der Waals surface area contributed by atoms with E-state index < -0.39 is 11.6 Å². The molecule has 0 aromatic heterocycles. The number of benzene rings is 1. The summed E-state index contributed by atoms with van der Waals surface area (Å²) in [6.07, 6.45) is 0.617. The van der Waals surface area contributed by atoms with Gasteiger partial charge in [-0.2, -0.15) is 0 Å². The third-order valence-corrected chi connectivity index (χ3v) is 3.65. The second-order valence-electron chi connectivity index (χ2n) is 5.61. The highest BCUT2D eigenvalue weighted by Crippen LogP contribution is 2.31. The third kappa shape index (κ3) is 6.23. The molecule has 0 bridgehead atoms. The van der Waals surface area contributed by atoms with Crippen LogP contribution >= 0.6 is 27.5 Å². The van der Waals surface area contributed by atoms with Crippen LogP contribution in [0.1, 0.15) is 44.0 Å². The first-order valence-electron chi connectivity index (χ1n) is 6.67. The molecule has 1 rings (SSSR count). The molecule has 0 saturated heterocycles. The Hall–Kier alpha value is -1.27. The van der Waals surface area contributed by atoms with E-state index in [9.17, 15) is 9.59 Å².